The molecule has 112 valence electrons. The summed E-state index contributed by atoms with van der Waals surface area (Å²) in [4.78, 5) is 13.2. The third kappa shape index (κ3) is 3.38. The van der Waals surface area contributed by atoms with Crippen LogP contribution in [0.15, 0.2) is 10.3 Å². The third-order valence-corrected chi connectivity index (χ3v) is 6.53. The molecule has 1 aliphatic rings. The molecule has 1 atom stereocenters. The first-order chi connectivity index (χ1) is 9.29. The molecule has 1 unspecified atom stereocenters. The maximum Gasteiger partial charge on any atom is 0.346 e. The smallest absolute Gasteiger partial charge is 0.346 e. The maximum atomic E-state index is 12.2. The number of aromatic carboxylic acids is 1. The molecule has 0 amide bonds. The van der Waals surface area contributed by atoms with Gasteiger partial charge in [-0.25, -0.2) is 17.9 Å². The van der Waals surface area contributed by atoms with Gasteiger partial charge in [0.25, 0.3) is 0 Å². The molecule has 0 spiro atoms. The molecule has 6 nitrogen and oxygen atoms in total. The first kappa shape index (κ1) is 15.4. The van der Waals surface area contributed by atoms with E-state index in [0.717, 1.165) is 30.8 Å². The van der Waals surface area contributed by atoms with Gasteiger partial charge in [0.15, 0.2) is 0 Å². The number of carboxylic acid groups (broad SMARTS) is 1. The largest absolute Gasteiger partial charge is 0.477 e. The predicted octanol–water partition coefficient (Wildman–Crippen LogP) is 0.985. The van der Waals surface area contributed by atoms with Crippen molar-refractivity contribution in [3.8, 4) is 0 Å². The van der Waals surface area contributed by atoms with Crippen LogP contribution in [-0.4, -0.2) is 51.1 Å². The number of hydrogen-bond acceptors (Lipinski definition) is 5. The van der Waals surface area contributed by atoms with E-state index in [-0.39, 0.29) is 9.09 Å². The van der Waals surface area contributed by atoms with Crippen LogP contribution in [-0.2, 0) is 10.0 Å². The summed E-state index contributed by atoms with van der Waals surface area (Å²) in [5, 5.41) is 8.97. The summed E-state index contributed by atoms with van der Waals surface area (Å²) in [6.45, 7) is 3.86. The lowest BCUT2D eigenvalue weighted by molar-refractivity contribution is 0.0701. The van der Waals surface area contributed by atoms with Crippen molar-refractivity contribution in [3.63, 3.8) is 0 Å². The van der Waals surface area contributed by atoms with Crippen LogP contribution in [0.2, 0.25) is 0 Å². The van der Waals surface area contributed by atoms with E-state index in [1.165, 1.54) is 6.07 Å². The van der Waals surface area contributed by atoms with Gasteiger partial charge in [-0.1, -0.05) is 0 Å². The number of nitrogens with zero attached hydrogens (tertiary/aromatic N) is 1. The minimum atomic E-state index is -3.61. The van der Waals surface area contributed by atoms with Gasteiger partial charge in [0.1, 0.15) is 9.09 Å². The van der Waals surface area contributed by atoms with Crippen molar-refractivity contribution in [1.82, 2.24) is 9.62 Å². The number of nitrogens with one attached hydrogen (secondary N) is 1. The van der Waals surface area contributed by atoms with Crippen molar-refractivity contribution in [2.45, 2.75) is 17.6 Å². The highest BCUT2D eigenvalue weighted by Crippen LogP contribution is 2.26. The van der Waals surface area contributed by atoms with Crippen molar-refractivity contribution >= 4 is 27.3 Å². The van der Waals surface area contributed by atoms with Crippen LogP contribution in [0.1, 0.15) is 21.7 Å². The Balaban J connectivity index is 2.06. The zero-order valence-corrected chi connectivity index (χ0v) is 13.1. The summed E-state index contributed by atoms with van der Waals surface area (Å²) in [5.74, 6) is -0.777. The Morgan fingerprint density at radius 2 is 2.30 bits per heavy atom. The molecule has 1 fully saturated rings. The van der Waals surface area contributed by atoms with E-state index < -0.39 is 16.0 Å². The van der Waals surface area contributed by atoms with Crippen LogP contribution in [0.25, 0.3) is 0 Å². The minimum Gasteiger partial charge on any atom is -0.477 e. The summed E-state index contributed by atoms with van der Waals surface area (Å²) in [5.41, 5.74) is 0.475. The maximum absolute atomic E-state index is 12.2. The summed E-state index contributed by atoms with van der Waals surface area (Å²) >= 11 is 0.797. The minimum absolute atomic E-state index is 0.0683. The van der Waals surface area contributed by atoms with Crippen LogP contribution in [0.4, 0.5) is 0 Å². The summed E-state index contributed by atoms with van der Waals surface area (Å²) in [7, 11) is -1.60. The van der Waals surface area contributed by atoms with Crippen molar-refractivity contribution in [3.05, 3.63) is 16.5 Å². The summed E-state index contributed by atoms with van der Waals surface area (Å²) in [6.07, 6.45) is 0.975. The molecule has 0 bridgehead atoms. The number of hydrogen-bond donors (Lipinski definition) is 2. The average Bonchev–Trinajstić information content (AvgIpc) is 2.93. The topological polar surface area (TPSA) is 86.7 Å². The van der Waals surface area contributed by atoms with E-state index in [4.69, 9.17) is 5.11 Å². The zero-order valence-electron chi connectivity index (χ0n) is 11.4. The van der Waals surface area contributed by atoms with E-state index in [1.807, 2.05) is 7.05 Å². The number of carbonyl (C=O) groups is 1. The predicted molar refractivity (Wildman–Crippen MR) is 76.8 cm³/mol. The lowest BCUT2D eigenvalue weighted by atomic mass is 10.1. The summed E-state index contributed by atoms with van der Waals surface area (Å²) < 4.78 is 27.0. The van der Waals surface area contributed by atoms with Gasteiger partial charge >= 0.3 is 5.97 Å². The lowest BCUT2D eigenvalue weighted by Gasteiger charge is -2.11. The monoisotopic (exact) mass is 318 g/mol. The van der Waals surface area contributed by atoms with E-state index >= 15 is 0 Å². The van der Waals surface area contributed by atoms with Crippen LogP contribution in [0, 0.1) is 12.8 Å². The highest BCUT2D eigenvalue weighted by atomic mass is 32.2. The van der Waals surface area contributed by atoms with Crippen molar-refractivity contribution in [2.75, 3.05) is 26.7 Å². The quantitative estimate of drug-likeness (QED) is 0.845. The highest BCUT2D eigenvalue weighted by Gasteiger charge is 2.25. The van der Waals surface area contributed by atoms with Crippen molar-refractivity contribution in [2.24, 2.45) is 5.92 Å². The van der Waals surface area contributed by atoms with Gasteiger partial charge in [-0.2, -0.15) is 0 Å². The molecule has 1 aromatic heterocycles. The van der Waals surface area contributed by atoms with Crippen LogP contribution in [0.3, 0.4) is 0 Å². The molecule has 0 aliphatic carbocycles. The molecular formula is C12H18N2O4S2. The molecule has 0 radical (unpaired) electrons. The fourth-order valence-electron chi connectivity index (χ4n) is 2.29. The number of likely N-dealkylation sites (tertiary alicyclic amines) is 1. The lowest BCUT2D eigenvalue weighted by Crippen LogP contribution is -2.30. The SMILES string of the molecule is Cc1cc(S(=O)(=O)NCC2CCN(C)C2)sc1C(=O)O. The van der Waals surface area contributed by atoms with Gasteiger partial charge < -0.3 is 10.0 Å². The Morgan fingerprint density at radius 1 is 1.60 bits per heavy atom. The number of thiophene rings is 1. The second kappa shape index (κ2) is 5.80. The molecule has 0 aromatic carbocycles. The van der Waals surface area contributed by atoms with Gasteiger partial charge in [-0.3, -0.25) is 0 Å². The van der Waals surface area contributed by atoms with Gasteiger partial charge in [-0.05, 0) is 44.5 Å². The highest BCUT2D eigenvalue weighted by molar-refractivity contribution is 7.91. The van der Waals surface area contributed by atoms with E-state index in [9.17, 15) is 13.2 Å². The number of carboxylic acids is 1. The van der Waals surface area contributed by atoms with E-state index in [2.05, 4.69) is 9.62 Å². The fourth-order valence-corrected chi connectivity index (χ4v) is 4.83. The number of rotatable bonds is 5. The first-order valence-corrected chi connectivity index (χ1v) is 8.61. The number of aryl methyl sites for hydroxylation is 1. The summed E-state index contributed by atoms with van der Waals surface area (Å²) in [6, 6.07) is 1.41. The molecule has 1 saturated heterocycles. The molecule has 2 rings (SSSR count). The van der Waals surface area contributed by atoms with Gasteiger partial charge in [0.05, 0.1) is 0 Å². The zero-order chi connectivity index (χ0) is 14.9. The van der Waals surface area contributed by atoms with Gasteiger partial charge in [0.2, 0.25) is 10.0 Å². The van der Waals surface area contributed by atoms with E-state index in [1.54, 1.807) is 6.92 Å². The molecular weight excluding hydrogens is 300 g/mol. The molecule has 0 saturated carbocycles. The standard InChI is InChI=1S/C12H18N2O4S2/c1-8-5-10(19-11(8)12(15)16)20(17,18)13-6-9-3-4-14(2)7-9/h5,9,13H,3-4,6-7H2,1-2H3,(H,15,16). The molecule has 2 heterocycles. The van der Waals surface area contributed by atoms with Crippen LogP contribution in [0.5, 0.6) is 0 Å². The molecule has 1 aromatic rings. The molecule has 8 heteroatoms. The third-order valence-electron chi connectivity index (χ3n) is 3.41. The van der Waals surface area contributed by atoms with E-state index in [0.29, 0.717) is 18.0 Å². The Kier molecular flexibility index (Phi) is 4.48. The van der Waals surface area contributed by atoms with Gasteiger partial charge in [0, 0.05) is 13.1 Å². The number of sulfonamides is 1. The molecule has 20 heavy (non-hydrogen) atoms. The first-order valence-electron chi connectivity index (χ1n) is 6.31. The Labute approximate surface area is 122 Å². The second-order valence-electron chi connectivity index (χ2n) is 5.15. The van der Waals surface area contributed by atoms with Crippen molar-refractivity contribution < 1.29 is 18.3 Å². The van der Waals surface area contributed by atoms with Crippen LogP contribution >= 0.6 is 11.3 Å². The normalized spacial score (nSPS) is 20.4. The Bertz CT molecular complexity index is 609. The van der Waals surface area contributed by atoms with Crippen LogP contribution < -0.4 is 4.72 Å². The average molecular weight is 318 g/mol. The second-order valence-corrected chi connectivity index (χ2v) is 8.20. The Hall–Kier alpha value is -0.960. The van der Waals surface area contributed by atoms with Gasteiger partial charge in [-0.15, -0.1) is 11.3 Å². The molecule has 2 N–H and O–H groups in total. The Morgan fingerprint density at radius 3 is 2.80 bits per heavy atom. The fraction of sp³-hybridized carbons (Fsp3) is 0.583. The molecule has 1 aliphatic heterocycles. The van der Waals surface area contributed by atoms with Crippen molar-refractivity contribution in [1.29, 1.82) is 0 Å².